The van der Waals surface area contributed by atoms with Crippen LogP contribution in [0.4, 0.5) is 0 Å². The molecule has 5 aliphatic heterocycles. The Balaban J connectivity index is 1.50. The maximum atomic E-state index is 12.1. The third kappa shape index (κ3) is 10.2. The van der Waals surface area contributed by atoms with Crippen LogP contribution in [0.1, 0.15) is 6.92 Å². The van der Waals surface area contributed by atoms with Gasteiger partial charge < -0.3 is 130 Å². The molecule has 27 heteroatoms. The van der Waals surface area contributed by atoms with E-state index in [1.54, 1.807) is 0 Å². The van der Waals surface area contributed by atoms with Gasteiger partial charge in [-0.3, -0.25) is 4.79 Å². The zero-order valence-electron chi connectivity index (χ0n) is 31.2. The first-order chi connectivity index (χ1) is 27.9. The maximum absolute atomic E-state index is 12.1. The minimum atomic E-state index is -2.27. The van der Waals surface area contributed by atoms with E-state index in [1.165, 1.54) is 0 Å². The van der Waals surface area contributed by atoms with Gasteiger partial charge in [-0.15, -0.1) is 0 Å². The van der Waals surface area contributed by atoms with Crippen LogP contribution in [0.2, 0.25) is 0 Å². The average Bonchev–Trinajstić information content (AvgIpc) is 3.21. The van der Waals surface area contributed by atoms with Crippen molar-refractivity contribution in [1.29, 1.82) is 0 Å². The largest absolute Gasteiger partial charge is 0.394 e. The van der Waals surface area contributed by atoms with Crippen LogP contribution < -0.4 is 5.32 Å². The van der Waals surface area contributed by atoms with Gasteiger partial charge >= 0.3 is 0 Å². The summed E-state index contributed by atoms with van der Waals surface area (Å²) in [6.45, 7) is -3.69. The number of hydrogen-bond acceptors (Lipinski definition) is 26. The smallest absolute Gasteiger partial charge is 0.217 e. The lowest BCUT2D eigenvalue weighted by Gasteiger charge is -2.51. The quantitative estimate of drug-likeness (QED) is 0.0770. The second-order valence-corrected chi connectivity index (χ2v) is 14.7. The Hall–Kier alpha value is -1.53. The van der Waals surface area contributed by atoms with Crippen molar-refractivity contribution in [3.8, 4) is 0 Å². The van der Waals surface area contributed by atoms with Crippen LogP contribution in [0.5, 0.6) is 0 Å². The summed E-state index contributed by atoms with van der Waals surface area (Å²) in [6, 6.07) is -1.61. The standard InChI is InChI=1S/C32H55NO26/c1-7(39)33-13-17(43)14(40)8(2-34)52-29(13)56-25-12(6-38)55-32(23(49)27(25)59-31-21(47)19(45)16(42)10(4-36)54-31)58-26-22(48)28(50)51-11(5-37)24(26)57-30-20(46)18(44)15(41)9(3-35)53-30/h8-32,34-38,40-50H,2-6H2,1H3,(H,33,39)/t8-,9-,10-,11-,12-,13-,14-,15-,16-,17-,18+,19+,20-,21-,22-,23-,24-,25+,26-,27-,28+,29-,30-,31-,32-/m1/s1. The summed E-state index contributed by atoms with van der Waals surface area (Å²) in [5.74, 6) is -0.763. The molecular weight excluding hydrogens is 814 g/mol. The third-order valence-electron chi connectivity index (χ3n) is 10.7. The number of amides is 1. The second-order valence-electron chi connectivity index (χ2n) is 14.7. The molecule has 0 radical (unpaired) electrons. The van der Waals surface area contributed by atoms with Crippen LogP contribution in [0, 0.1) is 0 Å². The number of aliphatic hydroxyl groups excluding tert-OH is 16. The molecule has 5 heterocycles. The molecule has 27 nitrogen and oxygen atoms in total. The first kappa shape index (κ1) is 48.5. The number of nitrogens with one attached hydrogen (secondary N) is 1. The van der Waals surface area contributed by atoms with Crippen LogP contribution in [-0.2, 0) is 47.4 Å². The van der Waals surface area contributed by atoms with Crippen molar-refractivity contribution in [3.63, 3.8) is 0 Å². The van der Waals surface area contributed by atoms with Gasteiger partial charge in [-0.25, -0.2) is 0 Å². The molecule has 17 N–H and O–H groups in total. The monoisotopic (exact) mass is 869 g/mol. The van der Waals surface area contributed by atoms with Crippen LogP contribution in [-0.4, -0.2) is 274 Å². The van der Waals surface area contributed by atoms with Crippen molar-refractivity contribution in [1.82, 2.24) is 5.32 Å². The lowest BCUT2D eigenvalue weighted by atomic mass is 9.94. The summed E-state index contributed by atoms with van der Waals surface area (Å²) in [6.07, 6.45) is -45.7. The lowest BCUT2D eigenvalue weighted by Crippen LogP contribution is -2.70. The number of rotatable bonds is 14. The van der Waals surface area contributed by atoms with Gasteiger partial charge in [0.2, 0.25) is 5.91 Å². The average molecular weight is 870 g/mol. The van der Waals surface area contributed by atoms with Crippen LogP contribution >= 0.6 is 0 Å². The molecule has 5 saturated heterocycles. The molecular formula is C32H55NO26. The second kappa shape index (κ2) is 20.8. The highest BCUT2D eigenvalue weighted by atomic mass is 16.8. The molecule has 25 atom stereocenters. The molecule has 5 fully saturated rings. The molecule has 0 aromatic rings. The van der Waals surface area contributed by atoms with Gasteiger partial charge in [0, 0.05) is 6.92 Å². The Bertz CT molecular complexity index is 1320. The van der Waals surface area contributed by atoms with Crippen LogP contribution in [0.15, 0.2) is 0 Å². The van der Waals surface area contributed by atoms with Gasteiger partial charge in [0.05, 0.1) is 33.0 Å². The minimum absolute atomic E-state index is 0.763. The van der Waals surface area contributed by atoms with Gasteiger partial charge in [0.25, 0.3) is 0 Å². The molecule has 344 valence electrons. The van der Waals surface area contributed by atoms with Gasteiger partial charge in [-0.2, -0.15) is 0 Å². The summed E-state index contributed by atoms with van der Waals surface area (Å²) < 4.78 is 51.1. The normalized spacial score (nSPS) is 51.0. The van der Waals surface area contributed by atoms with E-state index in [-0.39, 0.29) is 0 Å². The predicted octanol–water partition coefficient (Wildman–Crippen LogP) is -11.8. The van der Waals surface area contributed by atoms with Crippen molar-refractivity contribution >= 4 is 5.91 Å². The molecule has 5 aliphatic rings. The van der Waals surface area contributed by atoms with E-state index in [4.69, 9.17) is 42.6 Å². The lowest BCUT2D eigenvalue weighted by molar-refractivity contribution is -0.403. The number of aliphatic hydroxyl groups is 16. The molecule has 59 heavy (non-hydrogen) atoms. The zero-order chi connectivity index (χ0) is 43.6. The summed E-state index contributed by atoms with van der Waals surface area (Å²) >= 11 is 0. The molecule has 1 amide bonds. The third-order valence-corrected chi connectivity index (χ3v) is 10.7. The Morgan fingerprint density at radius 3 is 1.19 bits per heavy atom. The van der Waals surface area contributed by atoms with E-state index >= 15 is 0 Å². The molecule has 0 saturated carbocycles. The molecule has 0 aromatic carbocycles. The van der Waals surface area contributed by atoms with Crippen LogP contribution in [0.3, 0.4) is 0 Å². The maximum Gasteiger partial charge on any atom is 0.217 e. The van der Waals surface area contributed by atoms with Crippen molar-refractivity contribution in [2.24, 2.45) is 0 Å². The Labute approximate surface area is 333 Å². The number of hydrogen-bond donors (Lipinski definition) is 17. The predicted molar refractivity (Wildman–Crippen MR) is 178 cm³/mol. The fraction of sp³-hybridized carbons (Fsp3) is 0.969. The van der Waals surface area contributed by atoms with Crippen LogP contribution in [0.25, 0.3) is 0 Å². The first-order valence-corrected chi connectivity index (χ1v) is 18.6. The van der Waals surface area contributed by atoms with E-state index in [1.807, 2.05) is 0 Å². The summed E-state index contributed by atoms with van der Waals surface area (Å²) in [5, 5.41) is 170. The van der Waals surface area contributed by atoms with Gasteiger partial charge in [0.15, 0.2) is 31.5 Å². The van der Waals surface area contributed by atoms with E-state index in [0.29, 0.717) is 0 Å². The Morgan fingerprint density at radius 1 is 0.407 bits per heavy atom. The highest BCUT2D eigenvalue weighted by Crippen LogP contribution is 2.37. The fourth-order valence-corrected chi connectivity index (χ4v) is 7.41. The van der Waals surface area contributed by atoms with Gasteiger partial charge in [-0.1, -0.05) is 0 Å². The molecule has 0 spiro atoms. The fourth-order valence-electron chi connectivity index (χ4n) is 7.41. The molecule has 0 bridgehead atoms. The topological polar surface area (TPSA) is 436 Å². The highest BCUT2D eigenvalue weighted by Gasteiger charge is 2.57. The van der Waals surface area contributed by atoms with E-state index in [9.17, 15) is 86.5 Å². The van der Waals surface area contributed by atoms with E-state index in [0.717, 1.165) is 6.92 Å². The number of carbonyl (C=O) groups is 1. The SMILES string of the molecule is CC(=O)N[C@H]1[C@@H](O[C@@H]2[C@H](O[C@H]3O[C@H](CO)[C@@H](O)[C@H](O)[C@H]3O)[C@@H](O)[C@@H](O[C@@H]3[C@@H](O)[C@@H](O)O[C@H](CO)[C@H]3O[C@H]3O[C@H](CO)[C@@H](O)[C@H](O)[C@H]3O)O[C@@H]2CO)O[C@H](CO)[C@@H](O)[C@@H]1O. The van der Waals surface area contributed by atoms with E-state index in [2.05, 4.69) is 5.32 Å². The summed E-state index contributed by atoms with van der Waals surface area (Å²) in [4.78, 5) is 12.1. The van der Waals surface area contributed by atoms with Crippen molar-refractivity contribution in [3.05, 3.63) is 0 Å². The van der Waals surface area contributed by atoms with Crippen molar-refractivity contribution < 1.29 is 129 Å². The minimum Gasteiger partial charge on any atom is -0.394 e. The Kier molecular flexibility index (Phi) is 17.1. The van der Waals surface area contributed by atoms with Gasteiger partial charge in [0.1, 0.15) is 122 Å². The van der Waals surface area contributed by atoms with Gasteiger partial charge in [-0.05, 0) is 0 Å². The highest BCUT2D eigenvalue weighted by molar-refractivity contribution is 5.73. The summed E-state index contributed by atoms with van der Waals surface area (Å²) in [5.41, 5.74) is 0. The Morgan fingerprint density at radius 2 is 0.746 bits per heavy atom. The van der Waals surface area contributed by atoms with Crippen molar-refractivity contribution in [2.75, 3.05) is 33.0 Å². The van der Waals surface area contributed by atoms with Crippen molar-refractivity contribution in [2.45, 2.75) is 160 Å². The zero-order valence-corrected chi connectivity index (χ0v) is 31.2. The summed E-state index contributed by atoms with van der Waals surface area (Å²) in [7, 11) is 0. The first-order valence-electron chi connectivity index (χ1n) is 18.6. The molecule has 0 aromatic heterocycles. The molecule has 0 aliphatic carbocycles. The number of carbonyl (C=O) groups excluding carboxylic acids is 1. The van der Waals surface area contributed by atoms with E-state index < -0.39 is 192 Å². The molecule has 5 rings (SSSR count). The number of ether oxygens (including phenoxy) is 9. The molecule has 0 unspecified atom stereocenters.